The van der Waals surface area contributed by atoms with Gasteiger partial charge in [-0.15, -0.1) is 10.2 Å². The third-order valence-electron chi connectivity index (χ3n) is 5.06. The number of carbonyl (C=O) groups is 1. The third-order valence-corrected chi connectivity index (χ3v) is 5.06. The van der Waals surface area contributed by atoms with Crippen molar-refractivity contribution >= 4 is 11.6 Å². The van der Waals surface area contributed by atoms with E-state index in [1.54, 1.807) is 4.80 Å². The molecule has 0 atom stereocenters. The summed E-state index contributed by atoms with van der Waals surface area (Å²) in [6.45, 7) is 6.02. The number of hydrogen-bond acceptors (Lipinski definition) is 4. The van der Waals surface area contributed by atoms with E-state index in [0.717, 1.165) is 18.5 Å². The fourth-order valence-corrected chi connectivity index (χ4v) is 3.68. The summed E-state index contributed by atoms with van der Waals surface area (Å²) in [4.78, 5) is 16.8. The highest BCUT2D eigenvalue weighted by molar-refractivity contribution is 5.95. The first-order valence-corrected chi connectivity index (χ1v) is 9.65. The van der Waals surface area contributed by atoms with Crippen molar-refractivity contribution in [2.24, 2.45) is 0 Å². The topological polar surface area (TPSA) is 63.9 Å². The normalized spacial score (nSPS) is 14.1. The zero-order valence-electron chi connectivity index (χ0n) is 16.5. The average Bonchev–Trinajstić information content (AvgIpc) is 3.29. The number of amides is 1. The molecule has 4 rings (SSSR count). The summed E-state index contributed by atoms with van der Waals surface area (Å²) in [5.74, 6) is 0.453. The summed E-state index contributed by atoms with van der Waals surface area (Å²) in [6, 6.07) is 18.4. The lowest BCUT2D eigenvalue weighted by atomic mass is 10.1. The maximum Gasteiger partial charge on any atom is 0.235 e. The Kier molecular flexibility index (Phi) is 4.71. The van der Waals surface area contributed by atoms with Crippen LogP contribution in [0.15, 0.2) is 54.6 Å². The quantitative estimate of drug-likeness (QED) is 0.703. The first kappa shape index (κ1) is 18.3. The standard InChI is InChI=1S/C22H25N5O/c1-22(2,3)27-24-20(23-25-27)15-21(28)26(18-11-5-4-6-12-18)19-13-16-9-7-8-10-17(16)14-19/h4-12,19H,13-15H2,1-3H3. The Balaban J connectivity index is 1.59. The van der Waals surface area contributed by atoms with Gasteiger partial charge in [-0.05, 0) is 62.1 Å². The summed E-state index contributed by atoms with van der Waals surface area (Å²) in [7, 11) is 0. The monoisotopic (exact) mass is 375 g/mol. The molecule has 0 N–H and O–H groups in total. The van der Waals surface area contributed by atoms with E-state index in [-0.39, 0.29) is 23.9 Å². The van der Waals surface area contributed by atoms with Crippen molar-refractivity contribution in [1.82, 2.24) is 20.2 Å². The van der Waals surface area contributed by atoms with E-state index in [1.807, 2.05) is 56.0 Å². The van der Waals surface area contributed by atoms with Crippen LogP contribution in [0.2, 0.25) is 0 Å². The van der Waals surface area contributed by atoms with Gasteiger partial charge in [0.1, 0.15) is 0 Å². The smallest absolute Gasteiger partial charge is 0.235 e. The molecule has 144 valence electrons. The predicted octanol–water partition coefficient (Wildman–Crippen LogP) is 3.17. The molecule has 0 spiro atoms. The average molecular weight is 375 g/mol. The molecular formula is C22H25N5O. The molecule has 3 aromatic rings. The van der Waals surface area contributed by atoms with Gasteiger partial charge in [-0.25, -0.2) is 0 Å². The summed E-state index contributed by atoms with van der Waals surface area (Å²) in [5.41, 5.74) is 3.28. The number of nitrogens with zero attached hydrogens (tertiary/aromatic N) is 5. The van der Waals surface area contributed by atoms with E-state index in [0.29, 0.717) is 5.82 Å². The molecule has 1 aliphatic carbocycles. The molecule has 0 radical (unpaired) electrons. The molecule has 0 saturated carbocycles. The Morgan fingerprint density at radius 1 is 1.04 bits per heavy atom. The van der Waals surface area contributed by atoms with Crippen LogP contribution in [0.4, 0.5) is 5.69 Å². The lowest BCUT2D eigenvalue weighted by Crippen LogP contribution is -2.42. The molecule has 1 heterocycles. The van der Waals surface area contributed by atoms with Crippen LogP contribution in [0.25, 0.3) is 0 Å². The molecule has 0 fully saturated rings. The highest BCUT2D eigenvalue weighted by atomic mass is 16.2. The van der Waals surface area contributed by atoms with Gasteiger partial charge >= 0.3 is 0 Å². The van der Waals surface area contributed by atoms with Crippen molar-refractivity contribution in [2.75, 3.05) is 4.90 Å². The molecule has 1 aliphatic rings. The summed E-state index contributed by atoms with van der Waals surface area (Å²) in [5, 5.41) is 12.6. The van der Waals surface area contributed by atoms with Gasteiger partial charge in [0.15, 0.2) is 5.82 Å². The van der Waals surface area contributed by atoms with Crippen LogP contribution in [-0.4, -0.2) is 32.2 Å². The van der Waals surface area contributed by atoms with E-state index in [2.05, 4.69) is 39.7 Å². The highest BCUT2D eigenvalue weighted by Gasteiger charge is 2.31. The van der Waals surface area contributed by atoms with E-state index < -0.39 is 0 Å². The zero-order valence-corrected chi connectivity index (χ0v) is 16.5. The van der Waals surface area contributed by atoms with Gasteiger partial charge in [0, 0.05) is 11.7 Å². The molecule has 28 heavy (non-hydrogen) atoms. The molecule has 0 saturated heterocycles. The van der Waals surface area contributed by atoms with Gasteiger partial charge in [-0.1, -0.05) is 42.5 Å². The summed E-state index contributed by atoms with van der Waals surface area (Å²) >= 11 is 0. The van der Waals surface area contributed by atoms with Crippen LogP contribution in [0.1, 0.15) is 37.7 Å². The molecule has 1 amide bonds. The van der Waals surface area contributed by atoms with Gasteiger partial charge in [0.2, 0.25) is 5.91 Å². The van der Waals surface area contributed by atoms with Gasteiger partial charge in [0.05, 0.1) is 12.0 Å². The number of carbonyl (C=O) groups excluding carboxylic acids is 1. The molecule has 0 bridgehead atoms. The van der Waals surface area contributed by atoms with Crippen LogP contribution >= 0.6 is 0 Å². The van der Waals surface area contributed by atoms with E-state index >= 15 is 0 Å². The lowest BCUT2D eigenvalue weighted by molar-refractivity contribution is -0.118. The Bertz CT molecular complexity index is 949. The lowest BCUT2D eigenvalue weighted by Gasteiger charge is -2.29. The zero-order chi connectivity index (χ0) is 19.7. The van der Waals surface area contributed by atoms with Crippen molar-refractivity contribution < 1.29 is 4.79 Å². The number of fused-ring (bicyclic) bond motifs is 1. The predicted molar refractivity (Wildman–Crippen MR) is 108 cm³/mol. The number of hydrogen-bond donors (Lipinski definition) is 0. The molecular weight excluding hydrogens is 350 g/mol. The van der Waals surface area contributed by atoms with Crippen LogP contribution in [0.3, 0.4) is 0 Å². The second kappa shape index (κ2) is 7.19. The summed E-state index contributed by atoms with van der Waals surface area (Å²) in [6.07, 6.45) is 1.86. The minimum Gasteiger partial charge on any atom is -0.308 e. The number of tetrazole rings is 1. The largest absolute Gasteiger partial charge is 0.308 e. The van der Waals surface area contributed by atoms with Crippen molar-refractivity contribution in [3.05, 3.63) is 71.5 Å². The molecule has 2 aromatic carbocycles. The van der Waals surface area contributed by atoms with E-state index in [4.69, 9.17) is 0 Å². The first-order valence-electron chi connectivity index (χ1n) is 9.65. The van der Waals surface area contributed by atoms with Crippen LogP contribution in [0, 0.1) is 0 Å². The fourth-order valence-electron chi connectivity index (χ4n) is 3.68. The number of rotatable bonds is 4. The van der Waals surface area contributed by atoms with Crippen molar-refractivity contribution in [2.45, 2.75) is 51.6 Å². The Hall–Kier alpha value is -3.02. The number of benzene rings is 2. The molecule has 1 aromatic heterocycles. The number of para-hydroxylation sites is 1. The Labute approximate surface area is 165 Å². The maximum absolute atomic E-state index is 13.3. The fraction of sp³-hybridized carbons (Fsp3) is 0.364. The van der Waals surface area contributed by atoms with Gasteiger partial charge in [0.25, 0.3) is 0 Å². The third kappa shape index (κ3) is 3.67. The molecule has 6 heteroatoms. The van der Waals surface area contributed by atoms with Gasteiger partial charge in [-0.3, -0.25) is 4.79 Å². The van der Waals surface area contributed by atoms with E-state index in [9.17, 15) is 4.79 Å². The van der Waals surface area contributed by atoms with Gasteiger partial charge < -0.3 is 4.90 Å². The van der Waals surface area contributed by atoms with Crippen LogP contribution in [0.5, 0.6) is 0 Å². The van der Waals surface area contributed by atoms with E-state index in [1.165, 1.54) is 11.1 Å². The van der Waals surface area contributed by atoms with Crippen molar-refractivity contribution in [3.63, 3.8) is 0 Å². The number of aromatic nitrogens is 4. The van der Waals surface area contributed by atoms with Gasteiger partial charge in [-0.2, -0.15) is 4.80 Å². The highest BCUT2D eigenvalue weighted by Crippen LogP contribution is 2.29. The van der Waals surface area contributed by atoms with Crippen molar-refractivity contribution in [3.8, 4) is 0 Å². The van der Waals surface area contributed by atoms with Crippen LogP contribution < -0.4 is 4.90 Å². The Morgan fingerprint density at radius 3 is 2.21 bits per heavy atom. The molecule has 6 nitrogen and oxygen atoms in total. The minimum absolute atomic E-state index is 0.00235. The number of anilines is 1. The molecule has 0 aliphatic heterocycles. The second-order valence-corrected chi connectivity index (χ2v) is 8.27. The SMILES string of the molecule is CC(C)(C)n1nnc(CC(=O)N(c2ccccc2)C2Cc3ccccc3C2)n1. The first-order chi connectivity index (χ1) is 13.4. The maximum atomic E-state index is 13.3. The summed E-state index contributed by atoms with van der Waals surface area (Å²) < 4.78 is 0. The second-order valence-electron chi connectivity index (χ2n) is 8.27. The molecule has 0 unspecified atom stereocenters. The Morgan fingerprint density at radius 2 is 1.64 bits per heavy atom. The van der Waals surface area contributed by atoms with Crippen molar-refractivity contribution in [1.29, 1.82) is 0 Å². The van der Waals surface area contributed by atoms with Crippen LogP contribution in [-0.2, 0) is 29.6 Å². The minimum atomic E-state index is -0.263.